The van der Waals surface area contributed by atoms with Crippen LogP contribution in [0.25, 0.3) is 17.0 Å². The van der Waals surface area contributed by atoms with Crippen LogP contribution >= 0.6 is 0 Å². The number of carbonyl (C=O) groups excluding carboxylic acids is 1. The van der Waals surface area contributed by atoms with E-state index in [2.05, 4.69) is 39.3 Å². The number of H-pyrrole nitrogens is 1. The van der Waals surface area contributed by atoms with Crippen molar-refractivity contribution in [3.8, 4) is 0 Å². The summed E-state index contributed by atoms with van der Waals surface area (Å²) in [4.78, 5) is 14.6. The number of aryl methyl sites for hydroxylation is 1. The van der Waals surface area contributed by atoms with E-state index in [0.29, 0.717) is 0 Å². The van der Waals surface area contributed by atoms with Gasteiger partial charge < -0.3 is 20.1 Å². The van der Waals surface area contributed by atoms with E-state index in [4.69, 9.17) is 0 Å². The molecule has 0 spiro atoms. The molecule has 5 nitrogen and oxygen atoms in total. The van der Waals surface area contributed by atoms with Gasteiger partial charge in [0.15, 0.2) is 0 Å². The van der Waals surface area contributed by atoms with E-state index < -0.39 is 0 Å². The van der Waals surface area contributed by atoms with Gasteiger partial charge >= 0.3 is 5.97 Å². The molecule has 0 bridgehead atoms. The zero-order valence-electron chi connectivity index (χ0n) is 16.5. The number of aliphatic hydroxyl groups is 1. The van der Waals surface area contributed by atoms with Gasteiger partial charge in [-0.15, -0.1) is 0 Å². The molecule has 0 amide bonds. The van der Waals surface area contributed by atoms with Gasteiger partial charge in [-0.2, -0.15) is 0 Å². The standard InChI is InChI=1S/C24H26N2O3/c1-29-24(28)11-7-16-6-9-21-17(12-16)8-10-23(21)26-19(15-27)13-18-14-25-22-5-3-2-4-20(18)22/h2-7,9,11-12,14,19,23,25-27H,8,10,13,15H2,1H3/t19-,23+/m0/s1. The quantitative estimate of drug-likeness (QED) is 0.426. The summed E-state index contributed by atoms with van der Waals surface area (Å²) in [6, 6.07) is 14.7. The number of nitrogens with one attached hydrogen (secondary N) is 2. The summed E-state index contributed by atoms with van der Waals surface area (Å²) in [5, 5.41) is 14.8. The molecule has 4 rings (SSSR count). The lowest BCUT2D eigenvalue weighted by molar-refractivity contribution is -0.134. The van der Waals surface area contributed by atoms with Crippen molar-refractivity contribution in [2.75, 3.05) is 13.7 Å². The average Bonchev–Trinajstić information content (AvgIpc) is 3.35. The van der Waals surface area contributed by atoms with Crippen molar-refractivity contribution in [1.29, 1.82) is 0 Å². The van der Waals surface area contributed by atoms with Crippen molar-refractivity contribution in [3.05, 3.63) is 77.0 Å². The topological polar surface area (TPSA) is 74.3 Å². The zero-order chi connectivity index (χ0) is 20.2. The average molecular weight is 390 g/mol. The van der Waals surface area contributed by atoms with Crippen LogP contribution in [0.1, 0.15) is 34.7 Å². The molecule has 2 aromatic carbocycles. The summed E-state index contributed by atoms with van der Waals surface area (Å²) < 4.78 is 4.65. The van der Waals surface area contributed by atoms with Gasteiger partial charge in [0.1, 0.15) is 0 Å². The molecule has 2 atom stereocenters. The largest absolute Gasteiger partial charge is 0.466 e. The summed E-state index contributed by atoms with van der Waals surface area (Å²) in [6.07, 6.45) is 8.02. The minimum absolute atomic E-state index is 0.0101. The Morgan fingerprint density at radius 2 is 2.21 bits per heavy atom. The molecule has 1 aromatic heterocycles. The van der Waals surface area contributed by atoms with Gasteiger partial charge in [0.2, 0.25) is 0 Å². The Hall–Kier alpha value is -2.89. The lowest BCUT2D eigenvalue weighted by atomic mass is 10.0. The molecule has 1 aliphatic rings. The summed E-state index contributed by atoms with van der Waals surface area (Å²) in [5.74, 6) is -0.354. The van der Waals surface area contributed by atoms with Gasteiger partial charge in [-0.05, 0) is 53.7 Å². The van der Waals surface area contributed by atoms with Gasteiger partial charge in [-0.1, -0.05) is 36.4 Å². The SMILES string of the molecule is COC(=O)C=Cc1ccc2c(c1)CC[C@H]2N[C@H](CO)Cc1c[nH]c2ccccc12. The number of methoxy groups -OCH3 is 1. The van der Waals surface area contributed by atoms with E-state index in [9.17, 15) is 9.90 Å². The molecule has 5 heteroatoms. The van der Waals surface area contributed by atoms with Crippen molar-refractivity contribution < 1.29 is 14.6 Å². The van der Waals surface area contributed by atoms with Crippen LogP contribution in [0, 0.1) is 0 Å². The first kappa shape index (κ1) is 19.4. The minimum Gasteiger partial charge on any atom is -0.466 e. The molecule has 29 heavy (non-hydrogen) atoms. The number of esters is 1. The molecule has 3 aromatic rings. The maximum absolute atomic E-state index is 11.3. The van der Waals surface area contributed by atoms with Crippen LogP contribution in [0.2, 0.25) is 0 Å². The number of hydrogen-bond acceptors (Lipinski definition) is 4. The summed E-state index contributed by atoms with van der Waals surface area (Å²) in [5.41, 5.74) is 5.90. The van der Waals surface area contributed by atoms with Crippen molar-refractivity contribution in [3.63, 3.8) is 0 Å². The molecule has 1 heterocycles. The lowest BCUT2D eigenvalue weighted by Crippen LogP contribution is -2.36. The van der Waals surface area contributed by atoms with Gasteiger partial charge in [0.05, 0.1) is 13.7 Å². The van der Waals surface area contributed by atoms with Gasteiger partial charge in [0.25, 0.3) is 0 Å². The number of para-hydroxylation sites is 1. The highest BCUT2D eigenvalue weighted by molar-refractivity contribution is 5.87. The highest BCUT2D eigenvalue weighted by Gasteiger charge is 2.25. The van der Waals surface area contributed by atoms with Crippen LogP contribution < -0.4 is 5.32 Å². The van der Waals surface area contributed by atoms with Gasteiger partial charge in [-0.3, -0.25) is 0 Å². The monoisotopic (exact) mass is 390 g/mol. The Balaban J connectivity index is 1.46. The maximum Gasteiger partial charge on any atom is 0.330 e. The second-order valence-corrected chi connectivity index (χ2v) is 7.52. The van der Waals surface area contributed by atoms with Crippen LogP contribution in [-0.2, 0) is 22.4 Å². The van der Waals surface area contributed by atoms with Crippen molar-refractivity contribution in [2.24, 2.45) is 0 Å². The highest BCUT2D eigenvalue weighted by Crippen LogP contribution is 2.33. The zero-order valence-corrected chi connectivity index (χ0v) is 16.5. The van der Waals surface area contributed by atoms with E-state index in [1.807, 2.05) is 24.4 Å². The Kier molecular flexibility index (Phi) is 5.79. The Labute approximate surface area is 170 Å². The number of fused-ring (bicyclic) bond motifs is 2. The van der Waals surface area contributed by atoms with E-state index in [-0.39, 0.29) is 24.7 Å². The fourth-order valence-electron chi connectivity index (χ4n) is 4.17. The minimum atomic E-state index is -0.354. The molecular formula is C24H26N2O3. The third kappa shape index (κ3) is 4.26. The molecule has 0 unspecified atom stereocenters. The number of ether oxygens (including phenoxy) is 1. The van der Waals surface area contributed by atoms with E-state index in [0.717, 1.165) is 30.3 Å². The first-order chi connectivity index (χ1) is 14.2. The summed E-state index contributed by atoms with van der Waals surface area (Å²) >= 11 is 0. The number of aromatic nitrogens is 1. The van der Waals surface area contributed by atoms with Crippen LogP contribution in [0.4, 0.5) is 0 Å². The predicted octanol–water partition coefficient (Wildman–Crippen LogP) is 3.53. The summed E-state index contributed by atoms with van der Waals surface area (Å²) in [7, 11) is 1.37. The third-order valence-corrected chi connectivity index (χ3v) is 5.66. The highest BCUT2D eigenvalue weighted by atomic mass is 16.5. The third-order valence-electron chi connectivity index (χ3n) is 5.66. The maximum atomic E-state index is 11.3. The molecular weight excluding hydrogens is 364 g/mol. The molecule has 1 aliphatic carbocycles. The van der Waals surface area contributed by atoms with Crippen LogP contribution in [-0.4, -0.2) is 35.8 Å². The van der Waals surface area contributed by atoms with E-state index in [1.54, 1.807) is 6.08 Å². The Bertz CT molecular complexity index is 1040. The second kappa shape index (κ2) is 8.64. The molecule has 150 valence electrons. The fraction of sp³-hybridized carbons (Fsp3) is 0.292. The van der Waals surface area contributed by atoms with Crippen LogP contribution in [0.3, 0.4) is 0 Å². The van der Waals surface area contributed by atoms with Gasteiger partial charge in [0, 0.05) is 35.3 Å². The fourth-order valence-corrected chi connectivity index (χ4v) is 4.17. The van der Waals surface area contributed by atoms with Crippen molar-refractivity contribution in [1.82, 2.24) is 10.3 Å². The number of aromatic amines is 1. The molecule has 0 aliphatic heterocycles. The van der Waals surface area contributed by atoms with E-state index >= 15 is 0 Å². The number of benzene rings is 2. The molecule has 0 saturated carbocycles. The number of rotatable bonds is 7. The Morgan fingerprint density at radius 3 is 3.03 bits per heavy atom. The normalized spacial score (nSPS) is 17.0. The lowest BCUT2D eigenvalue weighted by Gasteiger charge is -2.22. The smallest absolute Gasteiger partial charge is 0.330 e. The predicted molar refractivity (Wildman–Crippen MR) is 115 cm³/mol. The number of aliphatic hydroxyl groups excluding tert-OH is 1. The second-order valence-electron chi connectivity index (χ2n) is 7.52. The van der Waals surface area contributed by atoms with Crippen LogP contribution in [0.15, 0.2) is 54.7 Å². The summed E-state index contributed by atoms with van der Waals surface area (Å²) in [6.45, 7) is 0.0886. The molecule has 3 N–H and O–H groups in total. The van der Waals surface area contributed by atoms with E-state index in [1.165, 1.54) is 35.3 Å². The molecule has 0 saturated heterocycles. The Morgan fingerprint density at radius 1 is 1.34 bits per heavy atom. The molecule has 0 fully saturated rings. The number of hydrogen-bond donors (Lipinski definition) is 3. The van der Waals surface area contributed by atoms with Gasteiger partial charge in [-0.25, -0.2) is 4.79 Å². The van der Waals surface area contributed by atoms with Crippen LogP contribution in [0.5, 0.6) is 0 Å². The first-order valence-corrected chi connectivity index (χ1v) is 9.98. The van der Waals surface area contributed by atoms with Crippen molar-refractivity contribution in [2.45, 2.75) is 31.3 Å². The number of carbonyl (C=O) groups is 1. The molecule has 0 radical (unpaired) electrons. The first-order valence-electron chi connectivity index (χ1n) is 9.98. The van der Waals surface area contributed by atoms with Crippen molar-refractivity contribution >= 4 is 22.9 Å².